The predicted octanol–water partition coefficient (Wildman–Crippen LogP) is 0.395. The lowest BCUT2D eigenvalue weighted by Gasteiger charge is -2.29. The molecule has 4 N–H and O–H groups in total. The topological polar surface area (TPSA) is 108 Å². The largest absolute Gasteiger partial charge is 0.409 e. The van der Waals surface area contributed by atoms with E-state index in [0.29, 0.717) is 17.9 Å². The summed E-state index contributed by atoms with van der Waals surface area (Å²) in [5.74, 6) is 0.511. The maximum atomic E-state index is 9.16. The van der Waals surface area contributed by atoms with E-state index in [-0.39, 0.29) is 18.5 Å². The van der Waals surface area contributed by atoms with E-state index in [4.69, 9.17) is 16.0 Å². The summed E-state index contributed by atoms with van der Waals surface area (Å²) in [6.45, 7) is 8.00. The van der Waals surface area contributed by atoms with E-state index in [0.717, 1.165) is 11.3 Å². The number of nitrogens with two attached hydrogens (primary N) is 1. The lowest BCUT2D eigenvalue weighted by molar-refractivity contribution is 0.298. The quantitative estimate of drug-likeness (QED) is 0.308. The molecule has 0 saturated heterocycles. The van der Waals surface area contributed by atoms with Gasteiger partial charge in [-0.25, -0.2) is 0 Å². The Morgan fingerprint density at radius 2 is 2.00 bits per heavy atom. The van der Waals surface area contributed by atoms with E-state index in [2.05, 4.69) is 15.4 Å². The van der Waals surface area contributed by atoms with Gasteiger partial charge in [0.15, 0.2) is 11.7 Å². The third-order valence-corrected chi connectivity index (χ3v) is 3.04. The Kier molecular flexibility index (Phi) is 5.05. The lowest BCUT2D eigenvalue weighted by Crippen LogP contribution is -2.36. The van der Waals surface area contributed by atoms with Gasteiger partial charge < -0.3 is 20.9 Å². The van der Waals surface area contributed by atoms with Crippen LogP contribution in [-0.2, 0) is 0 Å². The highest BCUT2D eigenvalue weighted by Crippen LogP contribution is 2.23. The molecule has 0 radical (unpaired) electrons. The number of aryl methyl sites for hydroxylation is 1. The second-order valence-electron chi connectivity index (χ2n) is 4.61. The van der Waals surface area contributed by atoms with Gasteiger partial charge in [0.1, 0.15) is 0 Å². The second kappa shape index (κ2) is 6.33. The van der Waals surface area contributed by atoms with Crippen LogP contribution >= 0.6 is 0 Å². The van der Waals surface area contributed by atoms with Gasteiger partial charge in [-0.05, 0) is 33.3 Å². The fraction of sp³-hybridized carbons (Fsp3) is 0.583. The maximum absolute atomic E-state index is 9.16. The van der Waals surface area contributed by atoms with Crippen LogP contribution in [0.4, 0.5) is 5.82 Å². The Bertz CT molecular complexity index is 473. The van der Waals surface area contributed by atoms with E-state index >= 15 is 0 Å². The van der Waals surface area contributed by atoms with Crippen molar-refractivity contribution in [2.45, 2.75) is 33.7 Å². The number of oxime groups is 1. The van der Waals surface area contributed by atoms with Crippen LogP contribution in [0.1, 0.15) is 30.7 Å². The van der Waals surface area contributed by atoms with Crippen molar-refractivity contribution in [2.75, 3.05) is 18.1 Å². The van der Waals surface area contributed by atoms with Crippen LogP contribution in [0.15, 0.2) is 5.16 Å². The number of aromatic nitrogens is 2. The van der Waals surface area contributed by atoms with Crippen molar-refractivity contribution in [3.63, 3.8) is 0 Å². The zero-order valence-electron chi connectivity index (χ0n) is 11.8. The molecule has 1 heterocycles. The molecule has 0 aliphatic rings. The first-order chi connectivity index (χ1) is 8.93. The molecule has 0 unspecified atom stereocenters. The van der Waals surface area contributed by atoms with Crippen LogP contribution in [0.5, 0.6) is 0 Å². The Labute approximate surface area is 112 Å². The molecule has 7 heteroatoms. The minimum absolute atomic E-state index is 0.00547. The second-order valence-corrected chi connectivity index (χ2v) is 4.61. The van der Waals surface area contributed by atoms with Gasteiger partial charge in [0.25, 0.3) is 0 Å². The molecule has 0 bridgehead atoms. The van der Waals surface area contributed by atoms with Crippen LogP contribution in [0.3, 0.4) is 0 Å². The highest BCUT2D eigenvalue weighted by atomic mass is 16.4. The molecule has 0 atom stereocenters. The van der Waals surface area contributed by atoms with Gasteiger partial charge in [0.2, 0.25) is 0 Å². The summed E-state index contributed by atoms with van der Waals surface area (Å²) in [6.07, 6.45) is 0. The van der Waals surface area contributed by atoms with Crippen molar-refractivity contribution < 1.29 is 10.3 Å². The Balaban J connectivity index is 3.45. The Morgan fingerprint density at radius 1 is 1.37 bits per heavy atom. The number of rotatable bonds is 5. The fourth-order valence-corrected chi connectivity index (χ4v) is 1.87. The van der Waals surface area contributed by atoms with Gasteiger partial charge in [-0.1, -0.05) is 5.16 Å². The Hall–Kier alpha value is -1.89. The van der Waals surface area contributed by atoms with Gasteiger partial charge in [0.05, 0.1) is 17.9 Å². The van der Waals surface area contributed by atoms with E-state index < -0.39 is 0 Å². The van der Waals surface area contributed by atoms with E-state index in [1.165, 1.54) is 0 Å². The zero-order valence-corrected chi connectivity index (χ0v) is 11.8. The highest BCUT2D eigenvalue weighted by Gasteiger charge is 2.21. The van der Waals surface area contributed by atoms with Crippen molar-refractivity contribution in [1.29, 1.82) is 0 Å². The molecule has 0 spiro atoms. The van der Waals surface area contributed by atoms with Crippen LogP contribution in [0.25, 0.3) is 0 Å². The number of amidine groups is 1. The average molecular weight is 267 g/mol. The van der Waals surface area contributed by atoms with Crippen LogP contribution in [0.2, 0.25) is 0 Å². The molecule has 19 heavy (non-hydrogen) atoms. The van der Waals surface area contributed by atoms with Crippen LogP contribution < -0.4 is 10.6 Å². The van der Waals surface area contributed by atoms with E-state index in [9.17, 15) is 0 Å². The molecular formula is C12H21N5O2. The van der Waals surface area contributed by atoms with Crippen LogP contribution in [-0.4, -0.2) is 45.5 Å². The highest BCUT2D eigenvalue weighted by molar-refractivity contribution is 6.02. The third kappa shape index (κ3) is 3.11. The molecule has 1 aromatic heterocycles. The van der Waals surface area contributed by atoms with Crippen LogP contribution in [0, 0.1) is 13.8 Å². The van der Waals surface area contributed by atoms with E-state index in [1.54, 1.807) is 0 Å². The molecule has 0 aromatic carbocycles. The first kappa shape index (κ1) is 15.2. The first-order valence-corrected chi connectivity index (χ1v) is 6.13. The molecule has 0 amide bonds. The summed E-state index contributed by atoms with van der Waals surface area (Å²) in [4.78, 5) is 1.87. The summed E-state index contributed by atoms with van der Waals surface area (Å²) in [6, 6.07) is 0.105. The summed E-state index contributed by atoms with van der Waals surface area (Å²) in [5.41, 5.74) is 7.82. The van der Waals surface area contributed by atoms with E-state index in [1.807, 2.05) is 32.6 Å². The number of anilines is 1. The van der Waals surface area contributed by atoms with Crippen molar-refractivity contribution in [1.82, 2.24) is 10.2 Å². The molecule has 0 fully saturated rings. The standard InChI is InChI=1S/C12H21N5O2/c1-7(2)17(5-6-18)12-10(11(13)16-19)8(3)9(4)14-15-12/h7,18-19H,5-6H2,1-4H3,(H2,13,16). The summed E-state index contributed by atoms with van der Waals surface area (Å²) >= 11 is 0. The maximum Gasteiger partial charge on any atom is 0.174 e. The molecular weight excluding hydrogens is 246 g/mol. The zero-order chi connectivity index (χ0) is 14.6. The number of hydrogen-bond donors (Lipinski definition) is 3. The minimum atomic E-state index is -0.0115. The molecule has 1 rings (SSSR count). The SMILES string of the molecule is Cc1nnc(N(CCO)C(C)C)c(/C(N)=N/O)c1C. The molecule has 1 aromatic rings. The summed E-state index contributed by atoms with van der Waals surface area (Å²) in [7, 11) is 0. The smallest absolute Gasteiger partial charge is 0.174 e. The minimum Gasteiger partial charge on any atom is -0.409 e. The lowest BCUT2D eigenvalue weighted by atomic mass is 10.1. The average Bonchev–Trinajstić information content (AvgIpc) is 2.38. The van der Waals surface area contributed by atoms with Crippen molar-refractivity contribution in [2.24, 2.45) is 10.9 Å². The third-order valence-electron chi connectivity index (χ3n) is 3.04. The van der Waals surface area contributed by atoms with Crippen molar-refractivity contribution in [3.8, 4) is 0 Å². The van der Waals surface area contributed by atoms with Gasteiger partial charge in [-0.2, -0.15) is 5.10 Å². The number of hydrogen-bond acceptors (Lipinski definition) is 6. The summed E-state index contributed by atoms with van der Waals surface area (Å²) in [5, 5.41) is 29.4. The van der Waals surface area contributed by atoms with Gasteiger partial charge in [-0.3, -0.25) is 0 Å². The molecule has 7 nitrogen and oxygen atoms in total. The van der Waals surface area contributed by atoms with Crippen molar-refractivity contribution >= 4 is 11.7 Å². The number of aliphatic hydroxyl groups excluding tert-OH is 1. The Morgan fingerprint density at radius 3 is 2.47 bits per heavy atom. The van der Waals surface area contributed by atoms with Gasteiger partial charge in [-0.15, -0.1) is 5.10 Å². The summed E-state index contributed by atoms with van der Waals surface area (Å²) < 4.78 is 0. The molecule has 0 aliphatic carbocycles. The normalized spacial score (nSPS) is 12.0. The molecule has 106 valence electrons. The first-order valence-electron chi connectivity index (χ1n) is 6.13. The molecule has 0 aliphatic heterocycles. The number of nitrogens with zero attached hydrogens (tertiary/aromatic N) is 4. The number of aliphatic hydroxyl groups is 1. The fourth-order valence-electron chi connectivity index (χ4n) is 1.87. The monoisotopic (exact) mass is 267 g/mol. The molecule has 0 saturated carbocycles. The van der Waals surface area contributed by atoms with Gasteiger partial charge in [0, 0.05) is 12.6 Å². The predicted molar refractivity (Wildman–Crippen MR) is 73.6 cm³/mol. The van der Waals surface area contributed by atoms with Gasteiger partial charge >= 0.3 is 0 Å². The van der Waals surface area contributed by atoms with Crippen molar-refractivity contribution in [3.05, 3.63) is 16.8 Å².